The molecule has 3 aromatic rings. The average Bonchev–Trinajstić information content (AvgIpc) is 3.40. The molecule has 5 heterocycles. The number of anilines is 2. The van der Waals surface area contributed by atoms with Gasteiger partial charge in [0.25, 0.3) is 0 Å². The molecule has 2 aromatic heterocycles. The predicted octanol–water partition coefficient (Wildman–Crippen LogP) is 2.42. The van der Waals surface area contributed by atoms with E-state index in [0.717, 1.165) is 51.7 Å². The van der Waals surface area contributed by atoms with Crippen LogP contribution in [0.3, 0.4) is 0 Å². The summed E-state index contributed by atoms with van der Waals surface area (Å²) < 4.78 is 17.1. The molecule has 3 saturated heterocycles. The molecule has 3 unspecified atom stereocenters. The van der Waals surface area contributed by atoms with Crippen molar-refractivity contribution in [2.24, 2.45) is 5.73 Å². The highest BCUT2D eigenvalue weighted by Crippen LogP contribution is 2.44. The maximum Gasteiger partial charge on any atom is 0.248 e. The minimum Gasteiger partial charge on any atom is -0.496 e. The average molecular weight is 482 g/mol. The molecule has 6 rings (SSSR count). The van der Waals surface area contributed by atoms with Crippen molar-refractivity contribution in [3.63, 3.8) is 0 Å². The molecule has 3 aliphatic heterocycles. The normalized spacial score (nSPS) is 24.6. The number of carbonyl (C=O) groups excluding carboxylic acids is 1. The Kier molecular flexibility index (Phi) is 5.51. The molecular formula is C24H27N5O4S. The summed E-state index contributed by atoms with van der Waals surface area (Å²) in [6.45, 7) is 2.78. The Bertz CT molecular complexity index is 1220. The second kappa shape index (κ2) is 8.68. The fraction of sp³-hybridized carbons (Fsp3) is 0.458. The van der Waals surface area contributed by atoms with Crippen LogP contribution in [0, 0.1) is 0 Å². The first-order valence-corrected chi connectivity index (χ1v) is 12.5. The third-order valence-corrected chi connectivity index (χ3v) is 7.83. The lowest BCUT2D eigenvalue weighted by molar-refractivity contribution is -0.130. The summed E-state index contributed by atoms with van der Waals surface area (Å²) in [5.41, 5.74) is 7.60. The molecule has 0 saturated carbocycles. The van der Waals surface area contributed by atoms with Crippen LogP contribution in [-0.4, -0.2) is 74.1 Å². The van der Waals surface area contributed by atoms with Gasteiger partial charge >= 0.3 is 0 Å². The predicted molar refractivity (Wildman–Crippen MR) is 131 cm³/mol. The summed E-state index contributed by atoms with van der Waals surface area (Å²) in [5.74, 6) is 1.87. The van der Waals surface area contributed by atoms with Crippen molar-refractivity contribution >= 4 is 39.2 Å². The molecule has 0 aliphatic carbocycles. The maximum atomic E-state index is 11.9. The SMILES string of the molecule is COc1ccccc1-c1csc2nc(N3C4CCC3COC4)nc(N3CCOC(C(N)=O)C3)c12. The van der Waals surface area contributed by atoms with Crippen LogP contribution in [0.5, 0.6) is 5.75 Å². The topological polar surface area (TPSA) is 103 Å². The molecule has 0 radical (unpaired) electrons. The number of methoxy groups -OCH3 is 1. The van der Waals surface area contributed by atoms with Gasteiger partial charge in [-0.1, -0.05) is 18.2 Å². The quantitative estimate of drug-likeness (QED) is 0.593. The minimum atomic E-state index is -0.671. The van der Waals surface area contributed by atoms with Gasteiger partial charge in [-0.25, -0.2) is 4.98 Å². The number of nitrogens with two attached hydrogens (primary N) is 1. The second-order valence-electron chi connectivity index (χ2n) is 8.91. The Morgan fingerprint density at radius 1 is 1.18 bits per heavy atom. The zero-order valence-corrected chi connectivity index (χ0v) is 19.8. The van der Waals surface area contributed by atoms with E-state index in [1.165, 1.54) is 0 Å². The Morgan fingerprint density at radius 2 is 1.97 bits per heavy atom. The van der Waals surface area contributed by atoms with Gasteiger partial charge in [0, 0.05) is 23.1 Å². The van der Waals surface area contributed by atoms with Crippen LogP contribution in [-0.2, 0) is 14.3 Å². The number of para-hydroxylation sites is 1. The summed E-state index contributed by atoms with van der Waals surface area (Å²) >= 11 is 1.60. The number of amides is 1. The van der Waals surface area contributed by atoms with Crippen molar-refractivity contribution < 1.29 is 19.0 Å². The standard InChI is InChI=1S/C24H27N5O4S/c1-31-18-5-3-2-4-16(18)17-13-34-23-20(17)22(28-8-9-33-19(10-28)21(25)30)26-24(27-23)29-14-6-7-15(29)12-32-11-14/h2-5,13-15,19H,6-12H2,1H3,(H2,25,30). The van der Waals surface area contributed by atoms with Crippen molar-refractivity contribution in [2.45, 2.75) is 31.0 Å². The lowest BCUT2D eigenvalue weighted by atomic mass is 10.0. The number of benzene rings is 1. The number of thiophene rings is 1. The molecule has 9 nitrogen and oxygen atoms in total. The minimum absolute atomic E-state index is 0.292. The molecule has 2 N–H and O–H groups in total. The number of morpholine rings is 2. The fourth-order valence-corrected chi connectivity index (χ4v) is 6.22. The molecule has 1 amide bonds. The molecule has 10 heteroatoms. The number of ether oxygens (including phenoxy) is 3. The first kappa shape index (κ1) is 21.6. The zero-order valence-electron chi connectivity index (χ0n) is 19.0. The third kappa shape index (κ3) is 3.57. The van der Waals surface area contributed by atoms with Gasteiger partial charge in [0.2, 0.25) is 11.9 Å². The van der Waals surface area contributed by atoms with Crippen molar-refractivity contribution in [3.8, 4) is 16.9 Å². The lowest BCUT2D eigenvalue weighted by Gasteiger charge is -2.36. The first-order valence-electron chi connectivity index (χ1n) is 11.6. The number of primary amides is 1. The summed E-state index contributed by atoms with van der Waals surface area (Å²) in [7, 11) is 1.68. The van der Waals surface area contributed by atoms with E-state index >= 15 is 0 Å². The number of hydrogen-bond acceptors (Lipinski definition) is 9. The summed E-state index contributed by atoms with van der Waals surface area (Å²) in [6, 6.07) is 8.55. The van der Waals surface area contributed by atoms with Crippen LogP contribution in [0.25, 0.3) is 21.3 Å². The molecule has 3 atom stereocenters. The maximum absolute atomic E-state index is 11.9. The molecule has 0 spiro atoms. The second-order valence-corrected chi connectivity index (χ2v) is 9.77. The molecule has 2 bridgehead atoms. The Hall–Kier alpha value is -2.95. The summed E-state index contributed by atoms with van der Waals surface area (Å²) in [6.07, 6.45) is 1.49. The summed E-state index contributed by atoms with van der Waals surface area (Å²) in [5, 5.41) is 3.08. The van der Waals surface area contributed by atoms with E-state index in [-0.39, 0.29) is 0 Å². The van der Waals surface area contributed by atoms with Crippen LogP contribution in [0.2, 0.25) is 0 Å². The van der Waals surface area contributed by atoms with Crippen molar-refractivity contribution in [1.82, 2.24) is 9.97 Å². The monoisotopic (exact) mass is 481 g/mol. The number of rotatable bonds is 5. The van der Waals surface area contributed by atoms with Crippen LogP contribution < -0.4 is 20.3 Å². The van der Waals surface area contributed by atoms with E-state index in [9.17, 15) is 4.79 Å². The Labute approximate surface area is 201 Å². The van der Waals surface area contributed by atoms with E-state index < -0.39 is 12.0 Å². The Balaban J connectivity index is 1.52. The summed E-state index contributed by atoms with van der Waals surface area (Å²) in [4.78, 5) is 27.5. The van der Waals surface area contributed by atoms with Crippen LogP contribution >= 0.6 is 11.3 Å². The van der Waals surface area contributed by atoms with Gasteiger partial charge in [-0.15, -0.1) is 11.3 Å². The highest BCUT2D eigenvalue weighted by molar-refractivity contribution is 7.17. The van der Waals surface area contributed by atoms with Crippen LogP contribution in [0.4, 0.5) is 11.8 Å². The largest absolute Gasteiger partial charge is 0.496 e. The van der Waals surface area contributed by atoms with E-state index in [1.807, 2.05) is 24.3 Å². The van der Waals surface area contributed by atoms with Crippen molar-refractivity contribution in [1.29, 1.82) is 0 Å². The first-order chi connectivity index (χ1) is 16.6. The molecule has 3 aliphatic rings. The van der Waals surface area contributed by atoms with Crippen molar-refractivity contribution in [3.05, 3.63) is 29.6 Å². The van der Waals surface area contributed by atoms with Crippen LogP contribution in [0.15, 0.2) is 29.6 Å². The fourth-order valence-electron chi connectivity index (χ4n) is 5.29. The third-order valence-electron chi connectivity index (χ3n) is 6.95. The van der Waals surface area contributed by atoms with E-state index in [4.69, 9.17) is 29.9 Å². The van der Waals surface area contributed by atoms with E-state index in [2.05, 4.69) is 15.2 Å². The van der Waals surface area contributed by atoms with E-state index in [1.54, 1.807) is 18.4 Å². The van der Waals surface area contributed by atoms with E-state index in [0.29, 0.717) is 45.0 Å². The smallest absolute Gasteiger partial charge is 0.248 e. The highest BCUT2D eigenvalue weighted by atomic mass is 32.1. The molecule has 178 valence electrons. The van der Waals surface area contributed by atoms with Gasteiger partial charge in [-0.3, -0.25) is 4.79 Å². The number of aromatic nitrogens is 2. The molecule has 1 aromatic carbocycles. The van der Waals surface area contributed by atoms with Gasteiger partial charge in [-0.2, -0.15) is 4.98 Å². The highest BCUT2D eigenvalue weighted by Gasteiger charge is 2.40. The van der Waals surface area contributed by atoms with Gasteiger partial charge in [-0.05, 0) is 18.9 Å². The van der Waals surface area contributed by atoms with Gasteiger partial charge < -0.3 is 29.7 Å². The van der Waals surface area contributed by atoms with Crippen LogP contribution in [0.1, 0.15) is 12.8 Å². The number of carbonyl (C=O) groups is 1. The Morgan fingerprint density at radius 3 is 2.74 bits per heavy atom. The number of nitrogens with zero attached hydrogens (tertiary/aromatic N) is 4. The lowest BCUT2D eigenvalue weighted by Crippen LogP contribution is -2.49. The van der Waals surface area contributed by atoms with Crippen molar-refractivity contribution in [2.75, 3.05) is 49.8 Å². The number of fused-ring (bicyclic) bond motifs is 3. The zero-order chi connectivity index (χ0) is 23.2. The van der Waals surface area contributed by atoms with Gasteiger partial charge in [0.1, 0.15) is 16.4 Å². The molecule has 3 fully saturated rings. The molecule has 34 heavy (non-hydrogen) atoms. The molecular weight excluding hydrogens is 454 g/mol. The van der Waals surface area contributed by atoms with Gasteiger partial charge in [0.15, 0.2) is 6.10 Å². The van der Waals surface area contributed by atoms with Gasteiger partial charge in [0.05, 0.1) is 50.9 Å². The number of hydrogen-bond donors (Lipinski definition) is 1.